The van der Waals surface area contributed by atoms with E-state index in [1.807, 2.05) is 18.2 Å². The van der Waals surface area contributed by atoms with Gasteiger partial charge in [-0.2, -0.15) is 0 Å². The second-order valence-corrected chi connectivity index (χ2v) is 2.40. The van der Waals surface area contributed by atoms with Crippen molar-refractivity contribution < 1.29 is 9.47 Å². The molecule has 0 aliphatic rings. The Balaban J connectivity index is 3.50. The summed E-state index contributed by atoms with van der Waals surface area (Å²) in [6, 6.07) is 0. The van der Waals surface area contributed by atoms with E-state index in [4.69, 9.17) is 9.47 Å². The minimum atomic E-state index is -0.115. The highest BCUT2D eigenvalue weighted by atomic mass is 16.7. The molecule has 0 bridgehead atoms. The van der Waals surface area contributed by atoms with Crippen molar-refractivity contribution in [2.24, 2.45) is 0 Å². The molecule has 0 atom stereocenters. The van der Waals surface area contributed by atoms with Gasteiger partial charge in [0.15, 0.2) is 6.29 Å². The summed E-state index contributed by atoms with van der Waals surface area (Å²) in [5.74, 6) is 0. The second-order valence-electron chi connectivity index (χ2n) is 2.40. The average molecular weight is 170 g/mol. The van der Waals surface area contributed by atoms with Gasteiger partial charge in [0, 0.05) is 20.6 Å². The molecule has 0 N–H and O–H groups in total. The Morgan fingerprint density at radius 1 is 1.08 bits per heavy atom. The summed E-state index contributed by atoms with van der Waals surface area (Å²) < 4.78 is 10.0. The van der Waals surface area contributed by atoms with Gasteiger partial charge in [0.1, 0.15) is 0 Å². The zero-order chi connectivity index (χ0) is 9.23. The second kappa shape index (κ2) is 8.50. The number of ether oxygens (including phenoxy) is 2. The minimum absolute atomic E-state index is 0.115. The molecule has 0 aromatic carbocycles. The van der Waals surface area contributed by atoms with Crippen LogP contribution in [0.3, 0.4) is 0 Å². The van der Waals surface area contributed by atoms with E-state index in [9.17, 15) is 0 Å². The van der Waals surface area contributed by atoms with Gasteiger partial charge in [-0.3, -0.25) is 0 Å². The lowest BCUT2D eigenvalue weighted by molar-refractivity contribution is -0.0986. The van der Waals surface area contributed by atoms with E-state index in [0.717, 1.165) is 12.8 Å². The lowest BCUT2D eigenvalue weighted by Gasteiger charge is -2.09. The van der Waals surface area contributed by atoms with Gasteiger partial charge in [-0.1, -0.05) is 31.2 Å². The fourth-order valence-corrected chi connectivity index (χ4v) is 0.772. The van der Waals surface area contributed by atoms with Crippen LogP contribution in [0.4, 0.5) is 0 Å². The molecule has 2 nitrogen and oxygen atoms in total. The number of methoxy groups -OCH3 is 2. The van der Waals surface area contributed by atoms with Gasteiger partial charge in [0.2, 0.25) is 0 Å². The lowest BCUT2D eigenvalue weighted by atomic mass is 10.3. The predicted molar refractivity (Wildman–Crippen MR) is 51.0 cm³/mol. The van der Waals surface area contributed by atoms with Crippen LogP contribution >= 0.6 is 0 Å². The van der Waals surface area contributed by atoms with Crippen molar-refractivity contribution >= 4 is 0 Å². The molecule has 0 radical (unpaired) electrons. The highest BCUT2D eigenvalue weighted by molar-refractivity contribution is 5.02. The average Bonchev–Trinajstić information content (AvgIpc) is 2.11. The summed E-state index contributed by atoms with van der Waals surface area (Å²) in [4.78, 5) is 0. The molecule has 0 rings (SSSR count). The van der Waals surface area contributed by atoms with Crippen LogP contribution < -0.4 is 0 Å². The van der Waals surface area contributed by atoms with Crippen LogP contribution in [-0.2, 0) is 9.47 Å². The van der Waals surface area contributed by atoms with E-state index in [2.05, 4.69) is 13.0 Å². The maximum absolute atomic E-state index is 5.01. The van der Waals surface area contributed by atoms with E-state index in [1.165, 1.54) is 0 Å². The summed E-state index contributed by atoms with van der Waals surface area (Å²) in [6.07, 6.45) is 9.92. The molecule has 0 saturated heterocycles. The Morgan fingerprint density at radius 2 is 1.67 bits per heavy atom. The van der Waals surface area contributed by atoms with E-state index in [1.54, 1.807) is 14.2 Å². The van der Waals surface area contributed by atoms with Crippen LogP contribution in [0.2, 0.25) is 0 Å². The van der Waals surface area contributed by atoms with Crippen LogP contribution in [0.1, 0.15) is 19.8 Å². The molecule has 2 heteroatoms. The summed E-state index contributed by atoms with van der Waals surface area (Å²) in [5.41, 5.74) is 0. The Labute approximate surface area is 74.9 Å². The van der Waals surface area contributed by atoms with Crippen molar-refractivity contribution in [2.75, 3.05) is 14.2 Å². The highest BCUT2D eigenvalue weighted by Gasteiger charge is 1.99. The third-order valence-electron chi connectivity index (χ3n) is 1.47. The fourth-order valence-electron chi connectivity index (χ4n) is 0.772. The zero-order valence-corrected chi connectivity index (χ0v) is 8.12. The molecule has 12 heavy (non-hydrogen) atoms. The van der Waals surface area contributed by atoms with Crippen LogP contribution in [0, 0.1) is 0 Å². The van der Waals surface area contributed by atoms with E-state index in [0.29, 0.717) is 0 Å². The molecule has 0 spiro atoms. The van der Waals surface area contributed by atoms with Crippen LogP contribution in [0.25, 0.3) is 0 Å². The molecule has 0 amide bonds. The largest absolute Gasteiger partial charge is 0.356 e. The van der Waals surface area contributed by atoms with Gasteiger partial charge in [-0.05, 0) is 6.42 Å². The van der Waals surface area contributed by atoms with Crippen molar-refractivity contribution in [1.29, 1.82) is 0 Å². The van der Waals surface area contributed by atoms with Crippen LogP contribution in [0.15, 0.2) is 24.3 Å². The molecular formula is C10H18O2. The number of allylic oxidation sites excluding steroid dienone is 3. The number of hydrogen-bond acceptors (Lipinski definition) is 2. The van der Waals surface area contributed by atoms with Gasteiger partial charge in [0.25, 0.3) is 0 Å². The minimum Gasteiger partial charge on any atom is -0.356 e. The smallest absolute Gasteiger partial charge is 0.160 e. The normalized spacial score (nSPS) is 12.3. The van der Waals surface area contributed by atoms with Crippen molar-refractivity contribution in [2.45, 2.75) is 26.1 Å². The summed E-state index contributed by atoms with van der Waals surface area (Å²) in [7, 11) is 3.29. The first-order chi connectivity index (χ1) is 5.85. The molecular weight excluding hydrogens is 152 g/mol. The monoisotopic (exact) mass is 170 g/mol. The van der Waals surface area contributed by atoms with Crippen molar-refractivity contribution in [1.82, 2.24) is 0 Å². The zero-order valence-electron chi connectivity index (χ0n) is 8.12. The third-order valence-corrected chi connectivity index (χ3v) is 1.47. The molecule has 0 aromatic heterocycles. The maximum Gasteiger partial charge on any atom is 0.160 e. The third kappa shape index (κ3) is 6.13. The quantitative estimate of drug-likeness (QED) is 0.450. The van der Waals surface area contributed by atoms with Gasteiger partial charge >= 0.3 is 0 Å². The van der Waals surface area contributed by atoms with E-state index >= 15 is 0 Å². The van der Waals surface area contributed by atoms with Gasteiger partial charge in [-0.15, -0.1) is 0 Å². The van der Waals surface area contributed by atoms with Crippen molar-refractivity contribution in [3.8, 4) is 0 Å². The molecule has 0 heterocycles. The first kappa shape index (κ1) is 11.4. The first-order valence-electron chi connectivity index (χ1n) is 4.22. The Morgan fingerprint density at radius 3 is 2.17 bits per heavy atom. The standard InChI is InChI=1S/C10H18O2/c1-4-5-6-7-8-9-10(11-2)12-3/h5-8,10H,4,9H2,1-3H3/b6-5-,8-7-. The Hall–Kier alpha value is -0.600. The molecule has 0 unspecified atom stereocenters. The van der Waals surface area contributed by atoms with Crippen molar-refractivity contribution in [3.05, 3.63) is 24.3 Å². The molecule has 0 aliphatic carbocycles. The fraction of sp³-hybridized carbons (Fsp3) is 0.600. The maximum atomic E-state index is 5.01. The lowest BCUT2D eigenvalue weighted by Crippen LogP contribution is -2.10. The first-order valence-corrected chi connectivity index (χ1v) is 4.22. The molecule has 70 valence electrons. The number of rotatable bonds is 6. The van der Waals surface area contributed by atoms with E-state index < -0.39 is 0 Å². The number of hydrogen-bond donors (Lipinski definition) is 0. The summed E-state index contributed by atoms with van der Waals surface area (Å²) in [5, 5.41) is 0. The topological polar surface area (TPSA) is 18.5 Å². The Bertz CT molecular complexity index is 135. The molecule has 0 aromatic rings. The molecule has 0 aliphatic heterocycles. The Kier molecular flexibility index (Phi) is 8.07. The molecule has 0 saturated carbocycles. The van der Waals surface area contributed by atoms with Gasteiger partial charge in [0.05, 0.1) is 0 Å². The summed E-state index contributed by atoms with van der Waals surface area (Å²) >= 11 is 0. The predicted octanol–water partition coefficient (Wildman–Crippen LogP) is 2.52. The van der Waals surface area contributed by atoms with Gasteiger partial charge < -0.3 is 9.47 Å². The highest BCUT2D eigenvalue weighted by Crippen LogP contribution is 1.98. The summed E-state index contributed by atoms with van der Waals surface area (Å²) in [6.45, 7) is 2.11. The van der Waals surface area contributed by atoms with Crippen LogP contribution in [-0.4, -0.2) is 20.5 Å². The van der Waals surface area contributed by atoms with E-state index in [-0.39, 0.29) is 6.29 Å². The van der Waals surface area contributed by atoms with Crippen molar-refractivity contribution in [3.63, 3.8) is 0 Å². The van der Waals surface area contributed by atoms with Crippen LogP contribution in [0.5, 0.6) is 0 Å². The SMILES string of the molecule is CC/C=C\C=C/CC(OC)OC. The molecule has 0 fully saturated rings. The van der Waals surface area contributed by atoms with Gasteiger partial charge in [-0.25, -0.2) is 0 Å².